The van der Waals surface area contributed by atoms with Crippen molar-refractivity contribution in [1.29, 1.82) is 0 Å². The van der Waals surface area contributed by atoms with Crippen molar-refractivity contribution in [1.82, 2.24) is 19.4 Å². The van der Waals surface area contributed by atoms with Gasteiger partial charge in [0, 0.05) is 40.5 Å². The molecule has 0 radical (unpaired) electrons. The number of pyridine rings is 3. The third-order valence-electron chi connectivity index (χ3n) is 7.97. The Labute approximate surface area is 200 Å². The summed E-state index contributed by atoms with van der Waals surface area (Å²) in [5.41, 5.74) is 16.3. The van der Waals surface area contributed by atoms with Crippen molar-refractivity contribution < 1.29 is 0 Å². The first kappa shape index (κ1) is 17.8. The molecule has 35 heavy (non-hydrogen) atoms. The average molecular weight is 447 g/mol. The maximum absolute atomic E-state index is 5.41. The van der Waals surface area contributed by atoms with E-state index in [2.05, 4.69) is 70.0 Å². The number of benzene rings is 3. The normalized spacial score (nSPS) is 13.5. The molecule has 4 heteroatoms. The number of nitrogens with zero attached hydrogens (tertiary/aromatic N) is 4. The van der Waals surface area contributed by atoms with Gasteiger partial charge in [-0.1, -0.05) is 48.5 Å². The second-order valence-corrected chi connectivity index (χ2v) is 9.64. The van der Waals surface area contributed by atoms with Crippen LogP contribution in [0.2, 0.25) is 0 Å². The van der Waals surface area contributed by atoms with Gasteiger partial charge in [-0.3, -0.25) is 14.4 Å². The van der Waals surface area contributed by atoms with Crippen LogP contribution >= 0.6 is 0 Å². The van der Waals surface area contributed by atoms with Crippen molar-refractivity contribution in [2.45, 2.75) is 12.8 Å². The minimum absolute atomic E-state index is 0.952. The lowest BCUT2D eigenvalue weighted by Crippen LogP contribution is -1.97. The highest BCUT2D eigenvalue weighted by Gasteiger charge is 2.34. The van der Waals surface area contributed by atoms with Crippen LogP contribution in [-0.2, 0) is 12.8 Å². The van der Waals surface area contributed by atoms with Crippen molar-refractivity contribution in [2.24, 2.45) is 0 Å². The predicted octanol–water partition coefficient (Wildman–Crippen LogP) is 6.73. The first-order valence-corrected chi connectivity index (χ1v) is 12.1. The van der Waals surface area contributed by atoms with Gasteiger partial charge in [0.1, 0.15) is 5.65 Å². The van der Waals surface area contributed by atoms with E-state index in [1.54, 1.807) is 0 Å². The minimum atomic E-state index is 0.952. The zero-order valence-electron chi connectivity index (χ0n) is 18.8. The molecular weight excluding hydrogens is 428 g/mol. The van der Waals surface area contributed by atoms with E-state index in [4.69, 9.17) is 9.97 Å². The van der Waals surface area contributed by atoms with Crippen molar-refractivity contribution in [3.63, 3.8) is 0 Å². The third kappa shape index (κ3) is 2.07. The SMILES string of the molecule is c1ccc2c(c1)Cc1c3c(c4c(nc5c6cnccc6c6ncccc6n54)c1-2)-c1ccccc1C3. The fourth-order valence-electron chi connectivity index (χ4n) is 6.58. The first-order chi connectivity index (χ1) is 17.4. The van der Waals surface area contributed by atoms with Crippen LogP contribution in [0.4, 0.5) is 0 Å². The molecule has 0 aliphatic heterocycles. The predicted molar refractivity (Wildman–Crippen MR) is 140 cm³/mol. The second kappa shape index (κ2) is 6.10. The fourth-order valence-corrected chi connectivity index (χ4v) is 6.58. The quantitative estimate of drug-likeness (QED) is 0.243. The molecule has 4 aromatic heterocycles. The van der Waals surface area contributed by atoms with E-state index in [0.717, 1.165) is 45.8 Å². The van der Waals surface area contributed by atoms with Gasteiger partial charge in [0.05, 0.1) is 22.1 Å². The zero-order valence-corrected chi connectivity index (χ0v) is 18.8. The molecule has 3 aromatic carbocycles. The Balaban J connectivity index is 1.62. The van der Waals surface area contributed by atoms with E-state index < -0.39 is 0 Å². The lowest BCUT2D eigenvalue weighted by Gasteiger charge is -2.13. The Morgan fingerprint density at radius 3 is 2.23 bits per heavy atom. The van der Waals surface area contributed by atoms with Gasteiger partial charge in [-0.15, -0.1) is 0 Å². The molecule has 4 heterocycles. The summed E-state index contributed by atoms with van der Waals surface area (Å²) in [6.45, 7) is 0. The van der Waals surface area contributed by atoms with E-state index in [9.17, 15) is 0 Å². The van der Waals surface area contributed by atoms with Crippen molar-refractivity contribution >= 4 is 38.5 Å². The minimum Gasteiger partial charge on any atom is -0.289 e. The molecule has 0 amide bonds. The Morgan fingerprint density at radius 1 is 0.657 bits per heavy atom. The summed E-state index contributed by atoms with van der Waals surface area (Å²) in [7, 11) is 0. The highest BCUT2D eigenvalue weighted by molar-refractivity contribution is 6.16. The Morgan fingerprint density at radius 2 is 1.40 bits per heavy atom. The molecule has 2 aliphatic rings. The summed E-state index contributed by atoms with van der Waals surface area (Å²) >= 11 is 0. The number of rotatable bonds is 0. The fraction of sp³-hybridized carbons (Fsp3) is 0.0645. The van der Waals surface area contributed by atoms with Crippen molar-refractivity contribution in [3.8, 4) is 22.3 Å². The van der Waals surface area contributed by atoms with Crippen LogP contribution in [0, 0.1) is 0 Å². The van der Waals surface area contributed by atoms with Gasteiger partial charge in [-0.05, 0) is 64.4 Å². The lowest BCUT2D eigenvalue weighted by molar-refractivity contribution is 1.16. The van der Waals surface area contributed by atoms with Crippen LogP contribution in [-0.4, -0.2) is 19.4 Å². The summed E-state index contributed by atoms with van der Waals surface area (Å²) in [6.07, 6.45) is 7.60. The molecule has 0 saturated heterocycles. The monoisotopic (exact) mass is 446 g/mol. The summed E-state index contributed by atoms with van der Waals surface area (Å²) in [4.78, 5) is 14.7. The van der Waals surface area contributed by atoms with Gasteiger partial charge in [-0.2, -0.15) is 0 Å². The average Bonchev–Trinajstić information content (AvgIpc) is 3.60. The lowest BCUT2D eigenvalue weighted by atomic mass is 9.94. The maximum atomic E-state index is 5.41. The number of fused-ring (bicyclic) bond motifs is 17. The van der Waals surface area contributed by atoms with Crippen LogP contribution in [0.5, 0.6) is 0 Å². The molecular formula is C31H18N4. The van der Waals surface area contributed by atoms with Gasteiger partial charge in [0.25, 0.3) is 0 Å². The molecule has 0 atom stereocenters. The summed E-state index contributed by atoms with van der Waals surface area (Å²) in [5.74, 6) is 0. The molecule has 0 fully saturated rings. The largest absolute Gasteiger partial charge is 0.289 e. The third-order valence-corrected chi connectivity index (χ3v) is 7.97. The smallest absolute Gasteiger partial charge is 0.148 e. The molecule has 0 spiro atoms. The standard InChI is InChI=1S/C31H18N4/c1-3-8-19-17(6-1)14-22-23-15-18-7-2-4-9-20(18)27(23)30-29(26(19)22)34-31-24-16-32-13-11-21(24)28-25(35(30)31)10-5-12-33-28/h1-13,16H,14-15H2. The second-order valence-electron chi connectivity index (χ2n) is 9.64. The van der Waals surface area contributed by atoms with Crippen LogP contribution in [0.25, 0.3) is 60.7 Å². The molecule has 162 valence electrons. The van der Waals surface area contributed by atoms with Gasteiger partial charge in [0.2, 0.25) is 0 Å². The Hall–Kier alpha value is -4.57. The van der Waals surface area contributed by atoms with Crippen molar-refractivity contribution in [3.05, 3.63) is 108 Å². The van der Waals surface area contributed by atoms with E-state index in [1.807, 2.05) is 24.7 Å². The number of hydrogen-bond acceptors (Lipinski definition) is 3. The highest BCUT2D eigenvalue weighted by atomic mass is 15.0. The number of imidazole rings is 1. The summed E-state index contributed by atoms with van der Waals surface area (Å²) in [5, 5.41) is 2.13. The Kier molecular flexibility index (Phi) is 3.11. The molecule has 7 aromatic rings. The summed E-state index contributed by atoms with van der Waals surface area (Å²) < 4.78 is 2.35. The molecule has 2 aliphatic carbocycles. The van der Waals surface area contributed by atoms with Gasteiger partial charge in [0.15, 0.2) is 0 Å². The molecule has 0 N–H and O–H groups in total. The van der Waals surface area contributed by atoms with Crippen molar-refractivity contribution in [2.75, 3.05) is 0 Å². The number of aromatic nitrogens is 4. The van der Waals surface area contributed by atoms with Crippen LogP contribution in [0.1, 0.15) is 22.3 Å². The molecule has 0 saturated carbocycles. The molecule has 0 bridgehead atoms. The van der Waals surface area contributed by atoms with Crippen LogP contribution in [0.3, 0.4) is 0 Å². The Bertz CT molecular complexity index is 2070. The summed E-state index contributed by atoms with van der Waals surface area (Å²) in [6, 6.07) is 24.0. The van der Waals surface area contributed by atoms with E-state index in [1.165, 1.54) is 50.0 Å². The molecule has 0 unspecified atom stereocenters. The van der Waals surface area contributed by atoms with Gasteiger partial charge < -0.3 is 0 Å². The van der Waals surface area contributed by atoms with E-state index in [-0.39, 0.29) is 0 Å². The molecule has 9 rings (SSSR count). The highest BCUT2D eigenvalue weighted by Crippen LogP contribution is 2.52. The van der Waals surface area contributed by atoms with Gasteiger partial charge in [-0.25, -0.2) is 4.98 Å². The van der Waals surface area contributed by atoms with Crippen LogP contribution in [0.15, 0.2) is 85.3 Å². The molecule has 4 nitrogen and oxygen atoms in total. The van der Waals surface area contributed by atoms with E-state index in [0.29, 0.717) is 0 Å². The van der Waals surface area contributed by atoms with Gasteiger partial charge >= 0.3 is 0 Å². The zero-order chi connectivity index (χ0) is 22.7. The first-order valence-electron chi connectivity index (χ1n) is 12.1. The topological polar surface area (TPSA) is 43.1 Å². The number of hydrogen-bond donors (Lipinski definition) is 0. The van der Waals surface area contributed by atoms with Crippen LogP contribution < -0.4 is 0 Å². The van der Waals surface area contributed by atoms with E-state index >= 15 is 0 Å². The maximum Gasteiger partial charge on any atom is 0.148 e.